The van der Waals surface area contributed by atoms with Gasteiger partial charge in [0.1, 0.15) is 5.75 Å². The van der Waals surface area contributed by atoms with E-state index >= 15 is 0 Å². The largest absolute Gasteiger partial charge is 0.497 e. The van der Waals surface area contributed by atoms with Gasteiger partial charge in [0, 0.05) is 31.8 Å². The highest BCUT2D eigenvalue weighted by molar-refractivity contribution is 5.96. The molecule has 2 rings (SSSR count). The first kappa shape index (κ1) is 20.0. The van der Waals surface area contributed by atoms with Gasteiger partial charge in [-0.25, -0.2) is 0 Å². The van der Waals surface area contributed by atoms with Crippen LogP contribution in [0.1, 0.15) is 26.3 Å². The average molecular weight is 369 g/mol. The van der Waals surface area contributed by atoms with Crippen molar-refractivity contribution < 1.29 is 19.1 Å². The summed E-state index contributed by atoms with van der Waals surface area (Å²) in [4.78, 5) is 37.5. The summed E-state index contributed by atoms with van der Waals surface area (Å²) < 4.78 is 5.09. The van der Waals surface area contributed by atoms with Crippen molar-refractivity contribution in [3.05, 3.63) is 65.2 Å². The molecule has 0 bridgehead atoms. The minimum absolute atomic E-state index is 0.108. The summed E-state index contributed by atoms with van der Waals surface area (Å²) in [6.45, 7) is 0.269. The molecule has 7 nitrogen and oxygen atoms in total. The van der Waals surface area contributed by atoms with Crippen LogP contribution in [0.4, 0.5) is 0 Å². The van der Waals surface area contributed by atoms with Gasteiger partial charge in [0.2, 0.25) is 5.91 Å². The number of methoxy groups -OCH3 is 1. The quantitative estimate of drug-likeness (QED) is 0.773. The van der Waals surface area contributed by atoms with Gasteiger partial charge in [0.05, 0.1) is 13.7 Å². The number of likely N-dealkylation sites (N-methyl/N-ethyl adjacent to an activating group) is 1. The molecule has 0 spiro atoms. The molecule has 0 unspecified atom stereocenters. The third-order valence-electron chi connectivity index (χ3n) is 4.02. The second-order valence-corrected chi connectivity index (χ2v) is 5.94. The van der Waals surface area contributed by atoms with Gasteiger partial charge < -0.3 is 20.3 Å². The zero-order valence-electron chi connectivity index (χ0n) is 15.6. The van der Waals surface area contributed by atoms with Crippen molar-refractivity contribution in [2.75, 3.05) is 27.7 Å². The molecule has 0 heterocycles. The van der Waals surface area contributed by atoms with Gasteiger partial charge in [0.25, 0.3) is 11.8 Å². The third kappa shape index (κ3) is 5.57. The van der Waals surface area contributed by atoms with Crippen molar-refractivity contribution in [3.8, 4) is 5.75 Å². The number of nitrogens with one attached hydrogen (secondary N) is 2. The lowest BCUT2D eigenvalue weighted by molar-refractivity contribution is -0.129. The van der Waals surface area contributed by atoms with Crippen molar-refractivity contribution >= 4 is 17.7 Å². The van der Waals surface area contributed by atoms with Gasteiger partial charge in [-0.1, -0.05) is 18.2 Å². The van der Waals surface area contributed by atoms with E-state index in [1.54, 1.807) is 62.6 Å². The van der Waals surface area contributed by atoms with Gasteiger partial charge >= 0.3 is 0 Å². The number of carbonyl (C=O) groups excluding carboxylic acids is 3. The molecule has 3 amide bonds. The Bertz CT molecular complexity index is 818. The van der Waals surface area contributed by atoms with Crippen LogP contribution in [-0.4, -0.2) is 50.4 Å². The maximum Gasteiger partial charge on any atom is 0.251 e. The van der Waals surface area contributed by atoms with Crippen LogP contribution >= 0.6 is 0 Å². The Morgan fingerprint density at radius 1 is 1.00 bits per heavy atom. The SMILES string of the molecule is CNC(=O)c1ccc(CN(C)C(=O)CNC(=O)c2cccc(OC)c2)cc1. The monoisotopic (exact) mass is 369 g/mol. The summed E-state index contributed by atoms with van der Waals surface area (Å²) in [5, 5.41) is 5.17. The molecule has 0 aliphatic rings. The topological polar surface area (TPSA) is 87.7 Å². The van der Waals surface area contributed by atoms with E-state index in [1.165, 1.54) is 12.0 Å². The third-order valence-corrected chi connectivity index (χ3v) is 4.02. The molecule has 0 aromatic heterocycles. The maximum atomic E-state index is 12.3. The Morgan fingerprint density at radius 3 is 2.33 bits per heavy atom. The first-order chi connectivity index (χ1) is 12.9. The van der Waals surface area contributed by atoms with Gasteiger partial charge in [0.15, 0.2) is 0 Å². The Morgan fingerprint density at radius 2 is 1.70 bits per heavy atom. The average Bonchev–Trinajstić information content (AvgIpc) is 2.71. The summed E-state index contributed by atoms with van der Waals surface area (Å²) in [7, 11) is 4.76. The molecule has 2 aromatic carbocycles. The number of hydrogen-bond acceptors (Lipinski definition) is 4. The summed E-state index contributed by atoms with van der Waals surface area (Å²) in [5.41, 5.74) is 1.87. The Kier molecular flexibility index (Phi) is 6.93. The lowest BCUT2D eigenvalue weighted by atomic mass is 10.1. The summed E-state index contributed by atoms with van der Waals surface area (Å²) in [5.74, 6) is -0.148. The number of amides is 3. The highest BCUT2D eigenvalue weighted by atomic mass is 16.5. The standard InChI is InChI=1S/C20H23N3O4/c1-21-19(25)15-9-7-14(8-10-15)13-23(2)18(24)12-22-20(26)16-5-4-6-17(11-16)27-3/h4-11H,12-13H2,1-3H3,(H,21,25)(H,22,26). The van der Waals surface area contributed by atoms with Gasteiger partial charge in [-0.3, -0.25) is 14.4 Å². The normalized spacial score (nSPS) is 10.0. The predicted octanol–water partition coefficient (Wildman–Crippen LogP) is 1.44. The van der Waals surface area contributed by atoms with Gasteiger partial charge in [-0.15, -0.1) is 0 Å². The fourth-order valence-corrected chi connectivity index (χ4v) is 2.43. The van der Waals surface area contributed by atoms with E-state index in [0.717, 1.165) is 5.56 Å². The van der Waals surface area contributed by atoms with E-state index in [2.05, 4.69) is 10.6 Å². The van der Waals surface area contributed by atoms with E-state index in [1.807, 2.05) is 0 Å². The highest BCUT2D eigenvalue weighted by Crippen LogP contribution is 2.12. The molecule has 2 N–H and O–H groups in total. The lowest BCUT2D eigenvalue weighted by Gasteiger charge is -2.18. The molecule has 142 valence electrons. The molecule has 7 heteroatoms. The van der Waals surface area contributed by atoms with Crippen LogP contribution < -0.4 is 15.4 Å². The number of nitrogens with zero attached hydrogens (tertiary/aromatic N) is 1. The van der Waals surface area contributed by atoms with Gasteiger partial charge in [-0.05, 0) is 35.9 Å². The first-order valence-electron chi connectivity index (χ1n) is 8.42. The second-order valence-electron chi connectivity index (χ2n) is 5.94. The fraction of sp³-hybridized carbons (Fsp3) is 0.250. The Hall–Kier alpha value is -3.35. The summed E-state index contributed by atoms with van der Waals surface area (Å²) in [6.07, 6.45) is 0. The summed E-state index contributed by atoms with van der Waals surface area (Å²) in [6, 6.07) is 13.7. The molecule has 27 heavy (non-hydrogen) atoms. The fourth-order valence-electron chi connectivity index (χ4n) is 2.43. The number of rotatable bonds is 7. The zero-order valence-corrected chi connectivity index (χ0v) is 15.6. The van der Waals surface area contributed by atoms with Crippen LogP contribution in [0, 0.1) is 0 Å². The molecule has 0 saturated heterocycles. The number of ether oxygens (including phenoxy) is 1. The lowest BCUT2D eigenvalue weighted by Crippen LogP contribution is -2.37. The van der Waals surface area contributed by atoms with E-state index < -0.39 is 0 Å². The molecule has 0 saturated carbocycles. The molecular weight excluding hydrogens is 346 g/mol. The van der Waals surface area contributed by atoms with E-state index in [-0.39, 0.29) is 24.3 Å². The summed E-state index contributed by atoms with van der Waals surface area (Å²) >= 11 is 0. The van der Waals surface area contributed by atoms with E-state index in [0.29, 0.717) is 23.4 Å². The molecular formula is C20H23N3O4. The van der Waals surface area contributed by atoms with E-state index in [4.69, 9.17) is 4.74 Å². The predicted molar refractivity (Wildman–Crippen MR) is 102 cm³/mol. The molecule has 0 aliphatic carbocycles. The minimum Gasteiger partial charge on any atom is -0.497 e. The van der Waals surface area contributed by atoms with Crippen LogP contribution in [0.25, 0.3) is 0 Å². The Labute approximate surface area is 158 Å². The van der Waals surface area contributed by atoms with Gasteiger partial charge in [-0.2, -0.15) is 0 Å². The second kappa shape index (κ2) is 9.38. The van der Waals surface area contributed by atoms with Crippen LogP contribution in [-0.2, 0) is 11.3 Å². The molecule has 0 fully saturated rings. The van der Waals surface area contributed by atoms with Crippen molar-refractivity contribution in [1.29, 1.82) is 0 Å². The highest BCUT2D eigenvalue weighted by Gasteiger charge is 2.13. The first-order valence-corrected chi connectivity index (χ1v) is 8.42. The van der Waals surface area contributed by atoms with Crippen molar-refractivity contribution in [2.45, 2.75) is 6.54 Å². The maximum absolute atomic E-state index is 12.3. The molecule has 0 atom stereocenters. The van der Waals surface area contributed by atoms with Crippen LogP contribution in [0.3, 0.4) is 0 Å². The van der Waals surface area contributed by atoms with Crippen molar-refractivity contribution in [3.63, 3.8) is 0 Å². The van der Waals surface area contributed by atoms with Crippen molar-refractivity contribution in [1.82, 2.24) is 15.5 Å². The molecule has 2 aromatic rings. The van der Waals surface area contributed by atoms with Crippen LogP contribution in [0.5, 0.6) is 5.75 Å². The smallest absolute Gasteiger partial charge is 0.251 e. The number of hydrogen-bond donors (Lipinski definition) is 2. The number of benzene rings is 2. The Balaban J connectivity index is 1.87. The number of carbonyl (C=O) groups is 3. The minimum atomic E-state index is -0.342. The molecule has 0 aliphatic heterocycles. The van der Waals surface area contributed by atoms with Crippen LogP contribution in [0.2, 0.25) is 0 Å². The van der Waals surface area contributed by atoms with Crippen molar-refractivity contribution in [2.24, 2.45) is 0 Å². The van der Waals surface area contributed by atoms with Crippen LogP contribution in [0.15, 0.2) is 48.5 Å². The molecule has 0 radical (unpaired) electrons. The van der Waals surface area contributed by atoms with E-state index in [9.17, 15) is 14.4 Å². The zero-order chi connectivity index (χ0) is 19.8.